The van der Waals surface area contributed by atoms with Gasteiger partial charge in [-0.05, 0) is 29.8 Å². The standard InChI is InChI=1S/C19H11ClN2O2S/c20-12-6-7-15-14(8-12)22-17(10-24-15)21-13-9-16(25-18(13)19(22)23)11-4-2-1-3-5-11/h1-9H,10H2. The van der Waals surface area contributed by atoms with Crippen molar-refractivity contribution in [3.63, 3.8) is 0 Å². The van der Waals surface area contributed by atoms with Crippen molar-refractivity contribution in [3.8, 4) is 21.9 Å². The molecule has 1 aliphatic heterocycles. The van der Waals surface area contributed by atoms with Gasteiger partial charge in [0.2, 0.25) is 0 Å². The van der Waals surface area contributed by atoms with Crippen molar-refractivity contribution in [1.29, 1.82) is 0 Å². The van der Waals surface area contributed by atoms with Gasteiger partial charge in [-0.1, -0.05) is 41.9 Å². The van der Waals surface area contributed by atoms with Crippen molar-refractivity contribution in [2.75, 3.05) is 0 Å². The number of hydrogen-bond donors (Lipinski definition) is 0. The molecule has 0 bridgehead atoms. The zero-order chi connectivity index (χ0) is 17.0. The third-order valence-electron chi connectivity index (χ3n) is 4.19. The molecule has 4 nitrogen and oxygen atoms in total. The first-order chi connectivity index (χ1) is 12.2. The molecule has 0 atom stereocenters. The predicted octanol–water partition coefficient (Wildman–Crippen LogP) is 4.66. The van der Waals surface area contributed by atoms with Gasteiger partial charge in [-0.3, -0.25) is 9.36 Å². The summed E-state index contributed by atoms with van der Waals surface area (Å²) < 4.78 is 7.97. The fourth-order valence-corrected chi connectivity index (χ4v) is 4.24. The monoisotopic (exact) mass is 366 g/mol. The lowest BCUT2D eigenvalue weighted by atomic mass is 10.2. The second kappa shape index (κ2) is 5.44. The highest BCUT2D eigenvalue weighted by Gasteiger charge is 2.22. The number of nitrogens with zero attached hydrogens (tertiary/aromatic N) is 2. The topological polar surface area (TPSA) is 44.1 Å². The van der Waals surface area contributed by atoms with E-state index in [2.05, 4.69) is 4.98 Å². The summed E-state index contributed by atoms with van der Waals surface area (Å²) in [4.78, 5) is 18.8. The summed E-state index contributed by atoms with van der Waals surface area (Å²) in [7, 11) is 0. The largest absolute Gasteiger partial charge is 0.483 e. The number of hydrogen-bond acceptors (Lipinski definition) is 4. The van der Waals surface area contributed by atoms with Crippen LogP contribution in [0, 0.1) is 0 Å². The minimum absolute atomic E-state index is 0.0843. The molecule has 0 spiro atoms. The Balaban J connectivity index is 1.79. The lowest BCUT2D eigenvalue weighted by molar-refractivity contribution is 0.277. The van der Waals surface area contributed by atoms with E-state index in [0.717, 1.165) is 10.4 Å². The van der Waals surface area contributed by atoms with Gasteiger partial charge in [-0.25, -0.2) is 4.98 Å². The van der Waals surface area contributed by atoms with E-state index in [1.54, 1.807) is 22.8 Å². The third-order valence-corrected chi connectivity index (χ3v) is 5.59. The highest BCUT2D eigenvalue weighted by Crippen LogP contribution is 2.34. The van der Waals surface area contributed by atoms with Gasteiger partial charge >= 0.3 is 0 Å². The number of rotatable bonds is 1. The fraction of sp³-hybridized carbons (Fsp3) is 0.0526. The Morgan fingerprint density at radius 3 is 2.80 bits per heavy atom. The van der Waals surface area contributed by atoms with Crippen LogP contribution in [0.3, 0.4) is 0 Å². The number of benzene rings is 2. The molecule has 122 valence electrons. The van der Waals surface area contributed by atoms with Crippen LogP contribution in [0.25, 0.3) is 26.3 Å². The van der Waals surface area contributed by atoms with Crippen molar-refractivity contribution in [2.45, 2.75) is 6.61 Å². The zero-order valence-corrected chi connectivity index (χ0v) is 14.5. The minimum atomic E-state index is -0.0843. The molecule has 5 rings (SSSR count). The first-order valence-corrected chi connectivity index (χ1v) is 8.94. The number of ether oxygens (including phenoxy) is 1. The van der Waals surface area contributed by atoms with Crippen molar-refractivity contribution >= 4 is 33.2 Å². The summed E-state index contributed by atoms with van der Waals surface area (Å²) in [6.45, 7) is 0.260. The van der Waals surface area contributed by atoms with E-state index in [1.165, 1.54) is 11.3 Å². The Labute approximate surface area is 151 Å². The molecule has 4 aromatic rings. The smallest absolute Gasteiger partial charge is 0.276 e. The van der Waals surface area contributed by atoms with Crippen LogP contribution >= 0.6 is 22.9 Å². The maximum Gasteiger partial charge on any atom is 0.276 e. The van der Waals surface area contributed by atoms with Gasteiger partial charge in [-0.2, -0.15) is 0 Å². The normalized spacial score (nSPS) is 12.5. The second-order valence-corrected chi connectivity index (χ2v) is 7.25. The summed E-state index contributed by atoms with van der Waals surface area (Å²) in [5.74, 6) is 1.23. The van der Waals surface area contributed by atoms with Crippen LogP contribution in [-0.2, 0) is 6.61 Å². The fourth-order valence-electron chi connectivity index (χ4n) is 3.05. The molecule has 6 heteroatoms. The number of fused-ring (bicyclic) bond motifs is 4. The van der Waals surface area contributed by atoms with Crippen LogP contribution in [0.5, 0.6) is 5.75 Å². The highest BCUT2D eigenvalue weighted by molar-refractivity contribution is 7.22. The van der Waals surface area contributed by atoms with Gasteiger partial charge < -0.3 is 4.74 Å². The predicted molar refractivity (Wildman–Crippen MR) is 100.0 cm³/mol. The molecule has 2 aromatic carbocycles. The molecule has 0 radical (unpaired) electrons. The van der Waals surface area contributed by atoms with Crippen molar-refractivity contribution in [2.24, 2.45) is 0 Å². The van der Waals surface area contributed by atoms with Crippen molar-refractivity contribution in [1.82, 2.24) is 9.55 Å². The lowest BCUT2D eigenvalue weighted by Gasteiger charge is -2.21. The quantitative estimate of drug-likeness (QED) is 0.492. The van der Waals surface area contributed by atoms with Crippen LogP contribution in [0.1, 0.15) is 5.82 Å². The Morgan fingerprint density at radius 1 is 1.12 bits per heavy atom. The molecular formula is C19H11ClN2O2S. The second-order valence-electron chi connectivity index (χ2n) is 5.76. The van der Waals surface area contributed by atoms with Gasteiger partial charge in [0.05, 0.1) is 11.2 Å². The van der Waals surface area contributed by atoms with E-state index in [1.807, 2.05) is 36.4 Å². The Bertz CT molecular complexity index is 1180. The Morgan fingerprint density at radius 2 is 1.96 bits per heavy atom. The van der Waals surface area contributed by atoms with Gasteiger partial charge in [0.1, 0.15) is 17.1 Å². The molecule has 0 amide bonds. The molecule has 0 fully saturated rings. The molecule has 0 saturated carbocycles. The first kappa shape index (κ1) is 14.7. The molecule has 0 saturated heterocycles. The van der Waals surface area contributed by atoms with E-state index < -0.39 is 0 Å². The van der Waals surface area contributed by atoms with E-state index in [4.69, 9.17) is 16.3 Å². The van der Waals surface area contributed by atoms with Crippen LogP contribution in [0.4, 0.5) is 0 Å². The lowest BCUT2D eigenvalue weighted by Crippen LogP contribution is -2.27. The summed E-state index contributed by atoms with van der Waals surface area (Å²) in [6, 6.07) is 17.2. The molecule has 0 N–H and O–H groups in total. The maximum atomic E-state index is 13.1. The van der Waals surface area contributed by atoms with E-state index >= 15 is 0 Å². The van der Waals surface area contributed by atoms with E-state index in [0.29, 0.717) is 32.5 Å². The van der Waals surface area contributed by atoms with Crippen molar-refractivity contribution in [3.05, 3.63) is 75.8 Å². The summed E-state index contributed by atoms with van der Waals surface area (Å²) >= 11 is 7.57. The summed E-state index contributed by atoms with van der Waals surface area (Å²) in [5.41, 5.74) is 2.34. The average Bonchev–Trinajstić information content (AvgIpc) is 3.06. The minimum Gasteiger partial charge on any atom is -0.483 e. The van der Waals surface area contributed by atoms with Gasteiger partial charge in [0.25, 0.3) is 5.56 Å². The molecular weight excluding hydrogens is 356 g/mol. The molecule has 0 unspecified atom stereocenters. The van der Waals surface area contributed by atoms with Crippen LogP contribution in [0.2, 0.25) is 5.02 Å². The number of aromatic nitrogens is 2. The summed E-state index contributed by atoms with van der Waals surface area (Å²) in [5, 5.41) is 0.554. The Kier molecular flexibility index (Phi) is 3.20. The van der Waals surface area contributed by atoms with Crippen LogP contribution in [0.15, 0.2) is 59.4 Å². The SMILES string of the molecule is O=c1c2sc(-c3ccccc3)cc2nc2n1-c1cc(Cl)ccc1OC2. The average molecular weight is 367 g/mol. The highest BCUT2D eigenvalue weighted by atomic mass is 35.5. The van der Waals surface area contributed by atoms with Gasteiger partial charge in [0, 0.05) is 9.90 Å². The third kappa shape index (κ3) is 2.27. The molecule has 3 heterocycles. The number of halogens is 1. The van der Waals surface area contributed by atoms with Gasteiger partial charge in [0.15, 0.2) is 5.82 Å². The first-order valence-electron chi connectivity index (χ1n) is 7.74. The molecule has 1 aliphatic rings. The van der Waals surface area contributed by atoms with E-state index in [-0.39, 0.29) is 12.2 Å². The number of thiophene rings is 1. The molecule has 25 heavy (non-hydrogen) atoms. The molecule has 2 aromatic heterocycles. The zero-order valence-electron chi connectivity index (χ0n) is 12.9. The Hall–Kier alpha value is -2.63. The van der Waals surface area contributed by atoms with Crippen LogP contribution < -0.4 is 10.3 Å². The molecule has 0 aliphatic carbocycles. The van der Waals surface area contributed by atoms with Crippen molar-refractivity contribution < 1.29 is 4.74 Å². The summed E-state index contributed by atoms with van der Waals surface area (Å²) in [6.07, 6.45) is 0. The van der Waals surface area contributed by atoms with Crippen LogP contribution in [-0.4, -0.2) is 9.55 Å². The maximum absolute atomic E-state index is 13.1. The van der Waals surface area contributed by atoms with Gasteiger partial charge in [-0.15, -0.1) is 11.3 Å². The van der Waals surface area contributed by atoms with E-state index in [9.17, 15) is 4.79 Å².